The molecule has 2 saturated heterocycles. The predicted octanol–water partition coefficient (Wildman–Crippen LogP) is 4.80. The summed E-state index contributed by atoms with van der Waals surface area (Å²) >= 11 is 1.18. The molecular weight excluding hydrogens is 380 g/mol. The highest BCUT2D eigenvalue weighted by atomic mass is 32.2. The molecule has 7 heteroatoms. The van der Waals surface area contributed by atoms with Crippen LogP contribution in [-0.2, 0) is 4.79 Å². The zero-order chi connectivity index (χ0) is 19.7. The number of hydrogen-bond acceptors (Lipinski definition) is 4. The van der Waals surface area contributed by atoms with Crippen LogP contribution in [0.4, 0.5) is 20.2 Å². The molecule has 2 aromatic rings. The second-order valence-electron chi connectivity index (χ2n) is 6.75. The van der Waals surface area contributed by atoms with Gasteiger partial charge in [0.25, 0.3) is 5.91 Å². The quantitative estimate of drug-likeness (QED) is 0.696. The van der Waals surface area contributed by atoms with Gasteiger partial charge in [-0.25, -0.2) is 13.8 Å². The second-order valence-corrected chi connectivity index (χ2v) is 7.76. The molecule has 0 radical (unpaired) electrons. The maximum atomic E-state index is 13.9. The summed E-state index contributed by atoms with van der Waals surface area (Å²) in [5.41, 5.74) is 2.11. The Morgan fingerprint density at radius 3 is 2.46 bits per heavy atom. The summed E-state index contributed by atoms with van der Waals surface area (Å²) in [7, 11) is 1.59. The van der Waals surface area contributed by atoms with E-state index in [0.29, 0.717) is 10.1 Å². The number of amides is 1. The molecule has 0 bridgehead atoms. The van der Waals surface area contributed by atoms with Gasteiger partial charge in [-0.1, -0.05) is 12.1 Å². The van der Waals surface area contributed by atoms with E-state index < -0.39 is 11.6 Å². The molecule has 2 aliphatic heterocycles. The van der Waals surface area contributed by atoms with Crippen LogP contribution in [0.1, 0.15) is 18.4 Å². The standard InChI is InChI=1S/C21H19F2N3OS/c1-25-20(27)19(28-21(25)24-18-9-6-15(22)13-17(18)23)12-14-4-7-16(8-5-14)26-10-2-3-11-26/h4-9,12-13H,2-3,10-11H2,1H3/b19-12+,24-21?. The van der Waals surface area contributed by atoms with Crippen LogP contribution >= 0.6 is 11.8 Å². The first kappa shape index (κ1) is 18.7. The number of anilines is 1. The van der Waals surface area contributed by atoms with E-state index in [9.17, 15) is 13.6 Å². The first-order valence-corrected chi connectivity index (χ1v) is 9.89. The SMILES string of the molecule is CN1C(=O)/C(=C\c2ccc(N3CCCC3)cc2)SC1=Nc1ccc(F)cc1F. The third-order valence-electron chi connectivity index (χ3n) is 4.79. The number of hydrogen-bond donors (Lipinski definition) is 0. The van der Waals surface area contributed by atoms with Gasteiger partial charge < -0.3 is 4.90 Å². The zero-order valence-electron chi connectivity index (χ0n) is 15.4. The highest BCUT2D eigenvalue weighted by molar-refractivity contribution is 8.18. The molecule has 1 amide bonds. The van der Waals surface area contributed by atoms with Crippen molar-refractivity contribution in [3.05, 3.63) is 64.6 Å². The fourth-order valence-corrected chi connectivity index (χ4v) is 4.21. The highest BCUT2D eigenvalue weighted by Crippen LogP contribution is 2.34. The van der Waals surface area contributed by atoms with Crippen molar-refractivity contribution in [1.29, 1.82) is 0 Å². The number of amidine groups is 1. The molecule has 0 spiro atoms. The molecule has 0 aliphatic carbocycles. The molecule has 2 aromatic carbocycles. The molecule has 2 aliphatic rings. The van der Waals surface area contributed by atoms with Crippen LogP contribution in [0.5, 0.6) is 0 Å². The third-order valence-corrected chi connectivity index (χ3v) is 5.85. The lowest BCUT2D eigenvalue weighted by molar-refractivity contribution is -0.121. The minimum atomic E-state index is -0.760. The number of thioether (sulfide) groups is 1. The van der Waals surface area contributed by atoms with Crippen molar-refractivity contribution >= 4 is 40.3 Å². The minimum absolute atomic E-state index is 0.000217. The van der Waals surface area contributed by atoms with Gasteiger partial charge in [0, 0.05) is 31.9 Å². The van der Waals surface area contributed by atoms with E-state index in [-0.39, 0.29) is 11.6 Å². The summed E-state index contributed by atoms with van der Waals surface area (Å²) in [5.74, 6) is -1.62. The van der Waals surface area contributed by atoms with Crippen LogP contribution in [0.3, 0.4) is 0 Å². The van der Waals surface area contributed by atoms with E-state index in [1.54, 1.807) is 13.1 Å². The predicted molar refractivity (Wildman–Crippen MR) is 110 cm³/mol. The Hall–Kier alpha value is -2.67. The normalized spacial score (nSPS) is 20.0. The number of rotatable bonds is 3. The molecule has 4 nitrogen and oxygen atoms in total. The maximum absolute atomic E-state index is 13.9. The van der Waals surface area contributed by atoms with Gasteiger partial charge in [0.1, 0.15) is 11.5 Å². The minimum Gasteiger partial charge on any atom is -0.372 e. The van der Waals surface area contributed by atoms with Crippen LogP contribution in [0.25, 0.3) is 6.08 Å². The smallest absolute Gasteiger partial charge is 0.266 e. The summed E-state index contributed by atoms with van der Waals surface area (Å²) < 4.78 is 26.9. The Bertz CT molecular complexity index is 966. The van der Waals surface area contributed by atoms with Gasteiger partial charge >= 0.3 is 0 Å². The molecule has 2 heterocycles. The molecule has 0 atom stereocenters. The Labute approximate surface area is 166 Å². The van der Waals surface area contributed by atoms with E-state index in [0.717, 1.165) is 30.8 Å². The van der Waals surface area contributed by atoms with E-state index in [2.05, 4.69) is 22.0 Å². The second kappa shape index (κ2) is 7.75. The van der Waals surface area contributed by atoms with Crippen LogP contribution in [-0.4, -0.2) is 36.1 Å². The molecule has 144 valence electrons. The van der Waals surface area contributed by atoms with Crippen molar-refractivity contribution < 1.29 is 13.6 Å². The molecule has 0 saturated carbocycles. The number of likely N-dealkylation sites (N-methyl/N-ethyl adjacent to an activating group) is 1. The average molecular weight is 399 g/mol. The molecule has 0 aromatic heterocycles. The topological polar surface area (TPSA) is 35.9 Å². The van der Waals surface area contributed by atoms with Gasteiger partial charge in [-0.15, -0.1) is 0 Å². The fourth-order valence-electron chi connectivity index (χ4n) is 3.23. The number of carbonyl (C=O) groups excluding carboxylic acids is 1. The first-order valence-electron chi connectivity index (χ1n) is 9.07. The van der Waals surface area contributed by atoms with E-state index >= 15 is 0 Å². The maximum Gasteiger partial charge on any atom is 0.266 e. The highest BCUT2D eigenvalue weighted by Gasteiger charge is 2.30. The molecule has 2 fully saturated rings. The van der Waals surface area contributed by atoms with Gasteiger partial charge in [-0.05, 0) is 60.5 Å². The van der Waals surface area contributed by atoms with Gasteiger partial charge in [0.05, 0.1) is 4.91 Å². The van der Waals surface area contributed by atoms with E-state index in [4.69, 9.17) is 0 Å². The first-order chi connectivity index (χ1) is 13.5. The van der Waals surface area contributed by atoms with Crippen LogP contribution in [0.15, 0.2) is 52.4 Å². The Morgan fingerprint density at radius 2 is 1.79 bits per heavy atom. The van der Waals surface area contributed by atoms with Gasteiger partial charge in [-0.3, -0.25) is 9.69 Å². The zero-order valence-corrected chi connectivity index (χ0v) is 16.2. The van der Waals surface area contributed by atoms with E-state index in [1.165, 1.54) is 41.3 Å². The van der Waals surface area contributed by atoms with E-state index in [1.807, 2.05) is 12.1 Å². The van der Waals surface area contributed by atoms with Crippen molar-refractivity contribution in [3.8, 4) is 0 Å². The summed E-state index contributed by atoms with van der Waals surface area (Å²) in [6, 6.07) is 11.3. The van der Waals surface area contributed by atoms with Crippen molar-refractivity contribution in [3.63, 3.8) is 0 Å². The Kier molecular flexibility index (Phi) is 5.17. The molecule has 0 N–H and O–H groups in total. The molecule has 4 rings (SSSR count). The lowest BCUT2D eigenvalue weighted by Gasteiger charge is -2.17. The van der Waals surface area contributed by atoms with Gasteiger partial charge in [0.15, 0.2) is 11.0 Å². The summed E-state index contributed by atoms with van der Waals surface area (Å²) in [6.07, 6.45) is 4.25. The number of nitrogens with zero attached hydrogens (tertiary/aromatic N) is 3. The van der Waals surface area contributed by atoms with Crippen LogP contribution in [0, 0.1) is 11.6 Å². The summed E-state index contributed by atoms with van der Waals surface area (Å²) in [5, 5.41) is 0.357. The fraction of sp³-hybridized carbons (Fsp3) is 0.238. The number of carbonyl (C=O) groups is 1. The number of aliphatic imine (C=N–C) groups is 1. The average Bonchev–Trinajstić information content (AvgIpc) is 3.30. The van der Waals surface area contributed by atoms with Crippen LogP contribution < -0.4 is 4.90 Å². The molecular formula is C21H19F2N3OS. The van der Waals surface area contributed by atoms with Crippen molar-refractivity contribution in [2.45, 2.75) is 12.8 Å². The monoisotopic (exact) mass is 399 g/mol. The largest absolute Gasteiger partial charge is 0.372 e. The van der Waals surface area contributed by atoms with Gasteiger partial charge in [-0.2, -0.15) is 0 Å². The van der Waals surface area contributed by atoms with Crippen molar-refractivity contribution in [2.75, 3.05) is 25.0 Å². The van der Waals surface area contributed by atoms with Crippen molar-refractivity contribution in [2.24, 2.45) is 4.99 Å². The number of halogens is 2. The summed E-state index contributed by atoms with van der Waals surface area (Å²) in [4.78, 5) is 20.9. The third kappa shape index (κ3) is 3.80. The molecule has 0 unspecified atom stereocenters. The molecule has 28 heavy (non-hydrogen) atoms. The van der Waals surface area contributed by atoms with Crippen LogP contribution in [0.2, 0.25) is 0 Å². The van der Waals surface area contributed by atoms with Gasteiger partial charge in [0.2, 0.25) is 0 Å². The van der Waals surface area contributed by atoms with Crippen molar-refractivity contribution in [1.82, 2.24) is 4.90 Å². The Balaban J connectivity index is 1.55. The lowest BCUT2D eigenvalue weighted by atomic mass is 10.2. The summed E-state index contributed by atoms with van der Waals surface area (Å²) in [6.45, 7) is 2.17. The lowest BCUT2D eigenvalue weighted by Crippen LogP contribution is -2.23. The Morgan fingerprint density at radius 1 is 1.07 bits per heavy atom. The number of benzene rings is 2.